The Kier molecular flexibility index (Phi) is 7.39. The largest absolute Gasteiger partial charge is 0.422 e. The zero-order chi connectivity index (χ0) is 22.5. The smallest absolute Gasteiger partial charge is 0.338 e. The quantitative estimate of drug-likeness (QED) is 0.156. The van der Waals surface area contributed by atoms with E-state index in [0.717, 1.165) is 40.5 Å². The standard InChI is InChI=1S/C26H28O4S/c1-6-7-15-31-21-14-10-13-20-22(21)24(30-26(28)17(4)5)19-12-9-8-11-18(19)23(20)29-25(27)16(2)3/h8-12,14,21H,2,4,6-7,13,15H2,1,3,5H3. The number of carbonyl (C=O) groups is 2. The van der Waals surface area contributed by atoms with Crippen molar-refractivity contribution in [1.82, 2.24) is 0 Å². The summed E-state index contributed by atoms with van der Waals surface area (Å²) in [6, 6.07) is 7.53. The number of thioether (sulfide) groups is 1. The molecule has 0 aliphatic heterocycles. The summed E-state index contributed by atoms with van der Waals surface area (Å²) < 4.78 is 11.7. The Morgan fingerprint density at radius 3 is 2.19 bits per heavy atom. The first-order valence-electron chi connectivity index (χ1n) is 10.5. The molecule has 162 valence electrons. The van der Waals surface area contributed by atoms with Gasteiger partial charge in [-0.3, -0.25) is 0 Å². The third kappa shape index (κ3) is 4.93. The molecule has 0 radical (unpaired) electrons. The fraction of sp³-hybridized carbons (Fsp3) is 0.308. The van der Waals surface area contributed by atoms with Crippen LogP contribution in [0.3, 0.4) is 0 Å². The van der Waals surface area contributed by atoms with Crippen molar-refractivity contribution in [2.75, 3.05) is 5.75 Å². The van der Waals surface area contributed by atoms with Crippen LogP contribution in [0.2, 0.25) is 0 Å². The lowest BCUT2D eigenvalue weighted by atomic mass is 9.90. The summed E-state index contributed by atoms with van der Waals surface area (Å²) in [5, 5.41) is 1.46. The van der Waals surface area contributed by atoms with Gasteiger partial charge in [-0.25, -0.2) is 9.59 Å². The van der Waals surface area contributed by atoms with Crippen molar-refractivity contribution in [3.8, 4) is 11.5 Å². The minimum absolute atomic E-state index is 0.00453. The third-order valence-electron chi connectivity index (χ3n) is 5.06. The molecule has 1 aliphatic carbocycles. The number of fused-ring (bicyclic) bond motifs is 2. The summed E-state index contributed by atoms with van der Waals surface area (Å²) in [5.41, 5.74) is 2.42. The van der Waals surface area contributed by atoms with Gasteiger partial charge in [-0.1, -0.05) is 62.9 Å². The number of benzene rings is 2. The van der Waals surface area contributed by atoms with Crippen molar-refractivity contribution in [2.24, 2.45) is 0 Å². The first-order valence-corrected chi connectivity index (χ1v) is 11.5. The van der Waals surface area contributed by atoms with Crippen molar-refractivity contribution in [1.29, 1.82) is 0 Å². The fourth-order valence-corrected chi connectivity index (χ4v) is 4.78. The number of allylic oxidation sites excluding steroid dienone is 1. The van der Waals surface area contributed by atoms with Crippen molar-refractivity contribution in [3.63, 3.8) is 0 Å². The summed E-state index contributed by atoms with van der Waals surface area (Å²) in [5.74, 6) is 1.08. The first-order chi connectivity index (χ1) is 14.8. The molecule has 0 fully saturated rings. The Hall–Kier alpha value is -2.79. The van der Waals surface area contributed by atoms with Gasteiger partial charge < -0.3 is 9.47 Å². The van der Waals surface area contributed by atoms with E-state index in [9.17, 15) is 9.59 Å². The molecular formula is C26H28O4S. The summed E-state index contributed by atoms with van der Waals surface area (Å²) in [4.78, 5) is 25.0. The Bertz CT molecular complexity index is 1080. The van der Waals surface area contributed by atoms with Crippen LogP contribution < -0.4 is 9.47 Å². The number of ether oxygens (including phenoxy) is 2. The number of carbonyl (C=O) groups excluding carboxylic acids is 2. The molecule has 1 aliphatic rings. The summed E-state index contributed by atoms with van der Waals surface area (Å²) in [6.07, 6.45) is 7.01. The maximum absolute atomic E-state index is 12.5. The normalized spacial score (nSPS) is 14.7. The minimum Gasteiger partial charge on any atom is -0.422 e. The maximum atomic E-state index is 12.5. The van der Waals surface area contributed by atoms with Gasteiger partial charge in [0.15, 0.2) is 0 Å². The van der Waals surface area contributed by atoms with Gasteiger partial charge in [-0.05, 0) is 32.4 Å². The van der Waals surface area contributed by atoms with Gasteiger partial charge in [0, 0.05) is 33.0 Å². The SMILES string of the molecule is C=C(C)C(=O)Oc1c2c(c(OC(=O)C(=C)C)c3ccccc13)C(SCCCC)C=CC2. The molecule has 2 aromatic carbocycles. The van der Waals surface area contributed by atoms with Crippen molar-refractivity contribution >= 4 is 34.5 Å². The van der Waals surface area contributed by atoms with Crippen LogP contribution in [-0.2, 0) is 16.0 Å². The van der Waals surface area contributed by atoms with Crippen LogP contribution in [-0.4, -0.2) is 17.7 Å². The lowest BCUT2D eigenvalue weighted by molar-refractivity contribution is -0.131. The van der Waals surface area contributed by atoms with Crippen molar-refractivity contribution in [3.05, 3.63) is 71.8 Å². The van der Waals surface area contributed by atoms with E-state index in [0.29, 0.717) is 29.1 Å². The minimum atomic E-state index is -0.469. The van der Waals surface area contributed by atoms with E-state index in [4.69, 9.17) is 9.47 Å². The Labute approximate surface area is 188 Å². The van der Waals surface area contributed by atoms with Crippen LogP contribution in [0.5, 0.6) is 11.5 Å². The van der Waals surface area contributed by atoms with E-state index in [1.807, 2.05) is 24.3 Å². The number of hydrogen-bond acceptors (Lipinski definition) is 5. The number of unbranched alkanes of at least 4 members (excludes halogenated alkanes) is 1. The molecule has 2 aromatic rings. The van der Waals surface area contributed by atoms with Crippen LogP contribution in [0.25, 0.3) is 10.8 Å². The molecule has 0 amide bonds. The predicted molar refractivity (Wildman–Crippen MR) is 128 cm³/mol. The number of esters is 2. The van der Waals surface area contributed by atoms with Gasteiger partial charge in [-0.2, -0.15) is 0 Å². The maximum Gasteiger partial charge on any atom is 0.338 e. The van der Waals surface area contributed by atoms with E-state index in [2.05, 4.69) is 32.2 Å². The fourth-order valence-electron chi connectivity index (χ4n) is 3.44. The van der Waals surface area contributed by atoms with Crippen LogP contribution in [0.1, 0.15) is 50.0 Å². The average Bonchev–Trinajstić information content (AvgIpc) is 2.75. The summed E-state index contributed by atoms with van der Waals surface area (Å²) >= 11 is 1.80. The number of rotatable bonds is 8. The molecule has 1 unspecified atom stereocenters. The second-order valence-corrected chi connectivity index (χ2v) is 8.96. The van der Waals surface area contributed by atoms with Crippen LogP contribution >= 0.6 is 11.8 Å². The second kappa shape index (κ2) is 10.0. The number of hydrogen-bond donors (Lipinski definition) is 0. The van der Waals surface area contributed by atoms with E-state index < -0.39 is 11.9 Å². The average molecular weight is 437 g/mol. The van der Waals surface area contributed by atoms with Crippen LogP contribution in [0.15, 0.2) is 60.7 Å². The predicted octanol–water partition coefficient (Wildman–Crippen LogP) is 6.49. The molecule has 3 rings (SSSR count). The first kappa shape index (κ1) is 22.9. The zero-order valence-electron chi connectivity index (χ0n) is 18.3. The molecule has 0 saturated carbocycles. The van der Waals surface area contributed by atoms with E-state index >= 15 is 0 Å². The highest BCUT2D eigenvalue weighted by molar-refractivity contribution is 7.99. The Morgan fingerprint density at radius 2 is 1.61 bits per heavy atom. The van der Waals surface area contributed by atoms with Gasteiger partial charge in [0.05, 0.1) is 5.25 Å². The van der Waals surface area contributed by atoms with E-state index in [1.54, 1.807) is 25.6 Å². The lowest BCUT2D eigenvalue weighted by Gasteiger charge is -2.27. The highest BCUT2D eigenvalue weighted by Crippen LogP contribution is 2.50. The van der Waals surface area contributed by atoms with Gasteiger partial charge in [0.1, 0.15) is 11.5 Å². The molecule has 0 bridgehead atoms. The third-order valence-corrected chi connectivity index (χ3v) is 6.34. The molecule has 5 heteroatoms. The molecule has 0 spiro atoms. The molecule has 0 saturated heterocycles. The molecule has 31 heavy (non-hydrogen) atoms. The van der Waals surface area contributed by atoms with Crippen LogP contribution in [0.4, 0.5) is 0 Å². The molecule has 4 nitrogen and oxygen atoms in total. The van der Waals surface area contributed by atoms with E-state index in [-0.39, 0.29) is 5.25 Å². The molecule has 0 heterocycles. The Morgan fingerprint density at radius 1 is 1.03 bits per heavy atom. The highest BCUT2D eigenvalue weighted by Gasteiger charge is 2.30. The summed E-state index contributed by atoms with van der Waals surface area (Å²) in [6.45, 7) is 12.9. The van der Waals surface area contributed by atoms with Crippen molar-refractivity contribution in [2.45, 2.75) is 45.3 Å². The van der Waals surface area contributed by atoms with Crippen LogP contribution in [0, 0.1) is 0 Å². The lowest BCUT2D eigenvalue weighted by Crippen LogP contribution is -2.16. The van der Waals surface area contributed by atoms with Gasteiger partial charge in [0.25, 0.3) is 0 Å². The van der Waals surface area contributed by atoms with Gasteiger partial charge in [0.2, 0.25) is 0 Å². The second-order valence-electron chi connectivity index (χ2n) is 7.71. The Balaban J connectivity index is 2.26. The van der Waals surface area contributed by atoms with Gasteiger partial charge in [-0.15, -0.1) is 11.8 Å². The zero-order valence-corrected chi connectivity index (χ0v) is 19.1. The van der Waals surface area contributed by atoms with Gasteiger partial charge >= 0.3 is 11.9 Å². The monoisotopic (exact) mass is 436 g/mol. The molecule has 0 aromatic heterocycles. The molecular weight excluding hydrogens is 408 g/mol. The highest BCUT2D eigenvalue weighted by atomic mass is 32.2. The molecule has 0 N–H and O–H groups in total. The molecule has 1 atom stereocenters. The van der Waals surface area contributed by atoms with E-state index in [1.165, 1.54) is 0 Å². The topological polar surface area (TPSA) is 52.6 Å². The summed E-state index contributed by atoms with van der Waals surface area (Å²) in [7, 11) is 0. The van der Waals surface area contributed by atoms with Crippen molar-refractivity contribution < 1.29 is 19.1 Å².